The van der Waals surface area contributed by atoms with E-state index in [0.717, 1.165) is 16.7 Å². The third kappa shape index (κ3) is 9.37. The van der Waals surface area contributed by atoms with E-state index in [0.29, 0.717) is 51.4 Å². The van der Waals surface area contributed by atoms with Crippen molar-refractivity contribution in [1.82, 2.24) is 14.0 Å². The topological polar surface area (TPSA) is 78.2 Å². The molecule has 1 aromatic carbocycles. The largest absolute Gasteiger partial charge is 0.490 e. The lowest BCUT2D eigenvalue weighted by atomic mass is 10.2. The number of halogens is 4. The summed E-state index contributed by atoms with van der Waals surface area (Å²) >= 11 is 0. The fourth-order valence-corrected chi connectivity index (χ4v) is 5.04. The summed E-state index contributed by atoms with van der Waals surface area (Å²) in [5, 5.41) is 0. The van der Waals surface area contributed by atoms with Crippen molar-refractivity contribution < 1.29 is 31.8 Å². The van der Waals surface area contributed by atoms with Gasteiger partial charge in [0.15, 0.2) is 6.61 Å². The Morgan fingerprint density at radius 1 is 1.00 bits per heavy atom. The number of aromatic nitrogens is 2. The number of alkyl halides is 3. The lowest BCUT2D eigenvalue weighted by molar-refractivity contribution is -0.153. The highest BCUT2D eigenvalue weighted by Crippen LogP contribution is 2.31. The first kappa shape index (κ1) is 31.7. The van der Waals surface area contributed by atoms with Gasteiger partial charge in [0, 0.05) is 53.5 Å². The normalized spacial score (nSPS) is 14.9. The van der Waals surface area contributed by atoms with Gasteiger partial charge >= 0.3 is 11.9 Å². The third-order valence-electron chi connectivity index (χ3n) is 6.53. The van der Waals surface area contributed by atoms with Crippen LogP contribution < -0.4 is 25.6 Å². The molecule has 2 heterocycles. The van der Waals surface area contributed by atoms with Crippen LogP contribution in [0.2, 0.25) is 25.7 Å². The summed E-state index contributed by atoms with van der Waals surface area (Å²) in [6.45, 7) is 8.74. The van der Waals surface area contributed by atoms with Crippen LogP contribution in [0.25, 0.3) is 0 Å². The Labute approximate surface area is 231 Å². The molecule has 0 N–H and O–H groups in total. The molecule has 0 amide bonds. The Morgan fingerprint density at radius 2 is 1.70 bits per heavy atom. The minimum Gasteiger partial charge on any atom is -0.490 e. The van der Waals surface area contributed by atoms with Crippen LogP contribution in [0.3, 0.4) is 0 Å². The van der Waals surface area contributed by atoms with Gasteiger partial charge in [0.1, 0.15) is 18.3 Å². The van der Waals surface area contributed by atoms with E-state index in [1.54, 1.807) is 0 Å². The van der Waals surface area contributed by atoms with Crippen molar-refractivity contribution in [2.75, 3.05) is 57.9 Å². The van der Waals surface area contributed by atoms with Crippen molar-refractivity contribution in [3.05, 3.63) is 51.1 Å². The highest BCUT2D eigenvalue weighted by molar-refractivity contribution is 6.76. The maximum Gasteiger partial charge on any atom is 0.422 e. The molecule has 1 aromatic heterocycles. The summed E-state index contributed by atoms with van der Waals surface area (Å²) in [6.07, 6.45) is -2.64. The van der Waals surface area contributed by atoms with Crippen molar-refractivity contribution in [1.29, 1.82) is 0 Å². The van der Waals surface area contributed by atoms with E-state index in [1.807, 2.05) is 4.90 Å². The van der Waals surface area contributed by atoms with Gasteiger partial charge in [-0.05, 0) is 31.1 Å². The zero-order valence-corrected chi connectivity index (χ0v) is 24.4. The Morgan fingerprint density at radius 3 is 2.33 bits per heavy atom. The van der Waals surface area contributed by atoms with Crippen molar-refractivity contribution in [3.63, 3.8) is 0 Å². The molecule has 0 aliphatic carbocycles. The van der Waals surface area contributed by atoms with Crippen LogP contribution >= 0.6 is 0 Å². The Kier molecular flexibility index (Phi) is 10.8. The molecule has 2 aromatic rings. The van der Waals surface area contributed by atoms with E-state index >= 15 is 0 Å². The molecule has 1 fully saturated rings. The number of anilines is 1. The van der Waals surface area contributed by atoms with Crippen LogP contribution in [-0.4, -0.2) is 81.3 Å². The fourth-order valence-electron chi connectivity index (χ4n) is 4.29. The van der Waals surface area contributed by atoms with E-state index in [-0.39, 0.29) is 24.8 Å². The molecule has 0 saturated carbocycles. The number of benzene rings is 1. The Bertz CT molecular complexity index is 1240. The smallest absolute Gasteiger partial charge is 0.422 e. The number of ether oxygens (including phenoxy) is 3. The quantitative estimate of drug-likeness (QED) is 0.200. The fraction of sp³-hybridized carbons (Fsp3) is 0.615. The van der Waals surface area contributed by atoms with Gasteiger partial charge in [-0.15, -0.1) is 0 Å². The van der Waals surface area contributed by atoms with Crippen molar-refractivity contribution in [2.45, 2.75) is 51.6 Å². The van der Waals surface area contributed by atoms with Gasteiger partial charge in [-0.1, -0.05) is 19.6 Å². The first-order valence-corrected chi connectivity index (χ1v) is 16.9. The first-order chi connectivity index (χ1) is 18.8. The molecule has 14 heteroatoms. The number of nitrogens with zero attached hydrogens (tertiary/aromatic N) is 4. The van der Waals surface area contributed by atoms with E-state index in [2.05, 4.69) is 24.5 Å². The van der Waals surface area contributed by atoms with Crippen molar-refractivity contribution in [2.24, 2.45) is 0 Å². The molecule has 0 atom stereocenters. The summed E-state index contributed by atoms with van der Waals surface area (Å²) in [7, 11) is 0.0944. The van der Waals surface area contributed by atoms with E-state index < -0.39 is 37.9 Å². The predicted molar refractivity (Wildman–Crippen MR) is 147 cm³/mol. The van der Waals surface area contributed by atoms with Gasteiger partial charge in [0.2, 0.25) is 5.75 Å². The second-order valence-corrected chi connectivity index (χ2v) is 16.6. The molecule has 0 spiro atoms. The average molecular weight is 591 g/mol. The van der Waals surface area contributed by atoms with Gasteiger partial charge in [-0.3, -0.25) is 18.8 Å². The summed E-state index contributed by atoms with van der Waals surface area (Å²) in [5.41, 5.74) is -0.564. The van der Waals surface area contributed by atoms with Crippen LogP contribution in [0.5, 0.6) is 11.5 Å². The lowest BCUT2D eigenvalue weighted by Crippen LogP contribution is -2.47. The highest BCUT2D eigenvalue weighted by atomic mass is 28.3. The van der Waals surface area contributed by atoms with Gasteiger partial charge in [-0.25, -0.2) is 9.18 Å². The molecular weight excluding hydrogens is 552 g/mol. The van der Waals surface area contributed by atoms with Crippen LogP contribution in [0.15, 0.2) is 34.0 Å². The molecule has 1 saturated heterocycles. The Balaban J connectivity index is 1.56. The monoisotopic (exact) mass is 590 g/mol. The van der Waals surface area contributed by atoms with Crippen LogP contribution in [0.4, 0.5) is 23.2 Å². The minimum absolute atomic E-state index is 0.0277. The lowest BCUT2D eigenvalue weighted by Gasteiger charge is -2.36. The summed E-state index contributed by atoms with van der Waals surface area (Å²) in [6, 6.07) is 4.53. The van der Waals surface area contributed by atoms with Crippen LogP contribution in [0, 0.1) is 5.82 Å². The second kappa shape index (κ2) is 13.7. The number of rotatable bonds is 13. The molecule has 1 aliphatic rings. The average Bonchev–Trinajstić information content (AvgIpc) is 2.88. The third-order valence-corrected chi connectivity index (χ3v) is 8.24. The molecule has 9 nitrogen and oxygen atoms in total. The second-order valence-electron chi connectivity index (χ2n) is 11.0. The first-order valence-electron chi connectivity index (χ1n) is 13.2. The Hall–Kier alpha value is -2.84. The number of methoxy groups -OCH3 is 1. The van der Waals surface area contributed by atoms with E-state index in [9.17, 15) is 27.2 Å². The zero-order chi connectivity index (χ0) is 29.5. The number of hydrogen-bond donors (Lipinski definition) is 0. The molecule has 40 heavy (non-hydrogen) atoms. The van der Waals surface area contributed by atoms with Crippen LogP contribution in [0.1, 0.15) is 6.42 Å². The van der Waals surface area contributed by atoms with Crippen molar-refractivity contribution >= 4 is 13.8 Å². The summed E-state index contributed by atoms with van der Waals surface area (Å²) in [5.74, 6) is -0.765. The zero-order valence-electron chi connectivity index (χ0n) is 23.4. The summed E-state index contributed by atoms with van der Waals surface area (Å²) in [4.78, 5) is 29.7. The maximum absolute atomic E-state index is 13.7. The van der Waals surface area contributed by atoms with Gasteiger partial charge in [0.05, 0.1) is 19.0 Å². The molecule has 0 bridgehead atoms. The van der Waals surface area contributed by atoms with Gasteiger partial charge in [-0.2, -0.15) is 13.2 Å². The SMILES string of the molecule is COc1cn(COCC[Si](C)(C)C)c(=O)n(CCCN2CCN(c3ccc(F)cc3OCC(F)(F)F)CC2)c1=O. The molecule has 0 radical (unpaired) electrons. The van der Waals surface area contributed by atoms with E-state index in [4.69, 9.17) is 14.2 Å². The highest BCUT2D eigenvalue weighted by Gasteiger charge is 2.30. The molecule has 1 aliphatic heterocycles. The van der Waals surface area contributed by atoms with Gasteiger partial charge in [0.25, 0.3) is 5.56 Å². The number of piperazine rings is 1. The number of hydrogen-bond acceptors (Lipinski definition) is 7. The summed E-state index contributed by atoms with van der Waals surface area (Å²) < 4.78 is 69.8. The predicted octanol–water partition coefficient (Wildman–Crippen LogP) is 3.62. The molecule has 0 unspecified atom stereocenters. The van der Waals surface area contributed by atoms with Crippen molar-refractivity contribution in [3.8, 4) is 11.5 Å². The van der Waals surface area contributed by atoms with Gasteiger partial charge < -0.3 is 19.1 Å². The van der Waals surface area contributed by atoms with Crippen LogP contribution in [-0.2, 0) is 18.0 Å². The molecular formula is C26H38F4N4O5Si. The van der Waals surface area contributed by atoms with E-state index in [1.165, 1.54) is 30.0 Å². The maximum atomic E-state index is 13.7. The minimum atomic E-state index is -4.53. The standard InChI is InChI=1S/C26H38F4N4O5Si/c1-37-23-17-33(19-38-14-15-40(2,3)4)25(36)34(24(23)35)9-5-8-31-10-12-32(13-11-31)21-7-6-20(27)16-22(21)39-18-26(28,29)30/h6-7,16-17H,5,8-15,18-19H2,1-4H3. The molecule has 3 rings (SSSR count). The molecule has 224 valence electrons.